The minimum absolute atomic E-state index is 0.00171. The topological polar surface area (TPSA) is 78.7 Å². The van der Waals surface area contributed by atoms with Crippen molar-refractivity contribution in [1.29, 1.82) is 5.26 Å². The average molecular weight is 261 g/mol. The third kappa shape index (κ3) is 3.14. The van der Waals surface area contributed by atoms with Crippen LogP contribution in [0.15, 0.2) is 15.8 Å². The normalized spacial score (nSPS) is 22.9. The molecule has 0 unspecified atom stereocenters. The van der Waals surface area contributed by atoms with Crippen LogP contribution in [0.4, 0.5) is 0 Å². The van der Waals surface area contributed by atoms with E-state index in [0.717, 1.165) is 18.8 Å². The second-order valence-electron chi connectivity index (χ2n) is 5.36. The van der Waals surface area contributed by atoms with Crippen molar-refractivity contribution in [3.05, 3.63) is 32.6 Å². The van der Waals surface area contributed by atoms with Gasteiger partial charge in [0.15, 0.2) is 0 Å². The highest BCUT2D eigenvalue weighted by Gasteiger charge is 2.20. The molecule has 1 heterocycles. The number of nitrogens with one attached hydrogen (secondary N) is 1. The van der Waals surface area contributed by atoms with Gasteiger partial charge in [0.05, 0.1) is 0 Å². The highest BCUT2D eigenvalue weighted by atomic mass is 16.2. The van der Waals surface area contributed by atoms with Crippen LogP contribution in [0.3, 0.4) is 0 Å². The summed E-state index contributed by atoms with van der Waals surface area (Å²) >= 11 is 0. The van der Waals surface area contributed by atoms with Gasteiger partial charge in [0.1, 0.15) is 11.6 Å². The van der Waals surface area contributed by atoms with E-state index in [4.69, 9.17) is 5.26 Å². The summed E-state index contributed by atoms with van der Waals surface area (Å²) in [7, 11) is 0. The molecule has 102 valence electrons. The smallest absolute Gasteiger partial charge is 0.299 e. The van der Waals surface area contributed by atoms with Crippen LogP contribution in [0.1, 0.15) is 44.6 Å². The van der Waals surface area contributed by atoms with Gasteiger partial charge in [0, 0.05) is 12.7 Å². The maximum atomic E-state index is 11.7. The van der Waals surface area contributed by atoms with Gasteiger partial charge in [0.25, 0.3) is 5.56 Å². The zero-order valence-corrected chi connectivity index (χ0v) is 11.2. The van der Waals surface area contributed by atoms with Crippen molar-refractivity contribution >= 4 is 0 Å². The van der Waals surface area contributed by atoms with Crippen molar-refractivity contribution in [2.75, 3.05) is 0 Å². The monoisotopic (exact) mass is 261 g/mol. The van der Waals surface area contributed by atoms with Crippen LogP contribution in [0, 0.1) is 23.2 Å². The third-order valence-electron chi connectivity index (χ3n) is 4.13. The molecule has 1 N–H and O–H groups in total. The predicted molar refractivity (Wildman–Crippen MR) is 71.8 cm³/mol. The lowest BCUT2D eigenvalue weighted by Crippen LogP contribution is -2.33. The summed E-state index contributed by atoms with van der Waals surface area (Å²) in [4.78, 5) is 25.2. The lowest BCUT2D eigenvalue weighted by molar-refractivity contribution is 0.245. The molecule has 1 saturated carbocycles. The molecule has 0 aromatic carbocycles. The van der Waals surface area contributed by atoms with Crippen molar-refractivity contribution in [3.8, 4) is 6.07 Å². The Kier molecular flexibility index (Phi) is 4.20. The molecule has 1 aromatic rings. The highest BCUT2D eigenvalue weighted by molar-refractivity contribution is 5.21. The second kappa shape index (κ2) is 5.87. The fourth-order valence-electron chi connectivity index (χ4n) is 2.83. The molecule has 1 aromatic heterocycles. The molecule has 0 aliphatic heterocycles. The Hall–Kier alpha value is -1.83. The Labute approximate surface area is 111 Å². The minimum atomic E-state index is -0.599. The molecule has 19 heavy (non-hydrogen) atoms. The molecule has 1 fully saturated rings. The van der Waals surface area contributed by atoms with Gasteiger partial charge < -0.3 is 0 Å². The van der Waals surface area contributed by atoms with Crippen molar-refractivity contribution in [3.63, 3.8) is 0 Å². The Morgan fingerprint density at radius 3 is 2.53 bits per heavy atom. The zero-order valence-electron chi connectivity index (χ0n) is 11.2. The van der Waals surface area contributed by atoms with E-state index in [9.17, 15) is 9.59 Å². The standard InChI is InChI=1S/C14H19N3O2/c1-2-10-3-5-11(6-4-10)8-17-9-12(7-15)13(18)16-14(17)19/h9-11H,2-6,8H2,1H3,(H,16,18,19). The first-order valence-corrected chi connectivity index (χ1v) is 6.88. The van der Waals surface area contributed by atoms with E-state index in [0.29, 0.717) is 12.5 Å². The van der Waals surface area contributed by atoms with Crippen LogP contribution in [-0.2, 0) is 6.54 Å². The van der Waals surface area contributed by atoms with E-state index in [-0.39, 0.29) is 5.56 Å². The van der Waals surface area contributed by atoms with Crippen molar-refractivity contribution < 1.29 is 0 Å². The largest absolute Gasteiger partial charge is 0.328 e. The van der Waals surface area contributed by atoms with Gasteiger partial charge in [-0.05, 0) is 24.7 Å². The molecule has 0 atom stereocenters. The quantitative estimate of drug-likeness (QED) is 0.898. The van der Waals surface area contributed by atoms with E-state index in [1.54, 1.807) is 0 Å². The Morgan fingerprint density at radius 2 is 1.95 bits per heavy atom. The first-order valence-electron chi connectivity index (χ1n) is 6.88. The molecule has 0 amide bonds. The first-order chi connectivity index (χ1) is 9.13. The van der Waals surface area contributed by atoms with Gasteiger partial charge in [-0.1, -0.05) is 26.2 Å². The van der Waals surface area contributed by atoms with Crippen LogP contribution in [-0.4, -0.2) is 9.55 Å². The third-order valence-corrected chi connectivity index (χ3v) is 4.13. The number of nitrogens with zero attached hydrogens (tertiary/aromatic N) is 2. The van der Waals surface area contributed by atoms with E-state index >= 15 is 0 Å². The molecular formula is C14H19N3O2. The average Bonchev–Trinajstić information content (AvgIpc) is 2.42. The van der Waals surface area contributed by atoms with E-state index in [2.05, 4.69) is 11.9 Å². The zero-order chi connectivity index (χ0) is 13.8. The van der Waals surface area contributed by atoms with Crippen LogP contribution in [0.5, 0.6) is 0 Å². The highest BCUT2D eigenvalue weighted by Crippen LogP contribution is 2.31. The van der Waals surface area contributed by atoms with Crippen LogP contribution in [0.2, 0.25) is 0 Å². The van der Waals surface area contributed by atoms with Crippen LogP contribution >= 0.6 is 0 Å². The molecule has 2 rings (SSSR count). The van der Waals surface area contributed by atoms with Gasteiger partial charge in [-0.25, -0.2) is 4.79 Å². The predicted octanol–water partition coefficient (Wildman–Crippen LogP) is 1.62. The maximum absolute atomic E-state index is 11.7. The summed E-state index contributed by atoms with van der Waals surface area (Å²) in [6, 6.07) is 1.81. The number of aromatic nitrogens is 2. The number of rotatable bonds is 3. The van der Waals surface area contributed by atoms with Crippen molar-refractivity contribution in [1.82, 2.24) is 9.55 Å². The lowest BCUT2D eigenvalue weighted by Gasteiger charge is -2.28. The summed E-state index contributed by atoms with van der Waals surface area (Å²) in [6.07, 6.45) is 7.27. The van der Waals surface area contributed by atoms with Crippen LogP contribution < -0.4 is 11.2 Å². The molecule has 0 bridgehead atoms. The van der Waals surface area contributed by atoms with Gasteiger partial charge in [-0.3, -0.25) is 14.3 Å². The number of hydrogen-bond donors (Lipinski definition) is 1. The van der Waals surface area contributed by atoms with Crippen molar-refractivity contribution in [2.24, 2.45) is 11.8 Å². The SMILES string of the molecule is CCC1CCC(Cn2cc(C#N)c(=O)[nH]c2=O)CC1. The first kappa shape index (κ1) is 13.6. The molecule has 1 aliphatic carbocycles. The molecule has 1 aliphatic rings. The lowest BCUT2D eigenvalue weighted by atomic mass is 9.81. The summed E-state index contributed by atoms with van der Waals surface area (Å²) < 4.78 is 1.47. The molecule has 0 spiro atoms. The summed E-state index contributed by atoms with van der Waals surface area (Å²) in [6.45, 7) is 2.82. The second-order valence-corrected chi connectivity index (χ2v) is 5.36. The molecule has 5 nitrogen and oxygen atoms in total. The summed E-state index contributed by atoms with van der Waals surface area (Å²) in [5, 5.41) is 8.82. The minimum Gasteiger partial charge on any atom is -0.299 e. The number of hydrogen-bond acceptors (Lipinski definition) is 3. The van der Waals surface area contributed by atoms with E-state index < -0.39 is 11.2 Å². The summed E-state index contributed by atoms with van der Waals surface area (Å²) in [5.74, 6) is 1.29. The fourth-order valence-corrected chi connectivity index (χ4v) is 2.83. The van der Waals surface area contributed by atoms with Gasteiger partial charge in [-0.2, -0.15) is 5.26 Å². The Balaban J connectivity index is 2.10. The van der Waals surface area contributed by atoms with Crippen LogP contribution in [0.25, 0.3) is 0 Å². The number of nitriles is 1. The molecule has 0 saturated heterocycles. The molecular weight excluding hydrogens is 242 g/mol. The molecule has 0 radical (unpaired) electrons. The summed E-state index contributed by atoms with van der Waals surface area (Å²) in [5.41, 5.74) is -1.01. The fraction of sp³-hybridized carbons (Fsp3) is 0.643. The van der Waals surface area contributed by atoms with Gasteiger partial charge in [-0.15, -0.1) is 0 Å². The van der Waals surface area contributed by atoms with Crippen molar-refractivity contribution in [2.45, 2.75) is 45.6 Å². The van der Waals surface area contributed by atoms with Gasteiger partial charge >= 0.3 is 5.69 Å². The number of H-pyrrole nitrogens is 1. The van der Waals surface area contributed by atoms with Gasteiger partial charge in [0.2, 0.25) is 0 Å². The van der Waals surface area contributed by atoms with E-state index in [1.807, 2.05) is 6.07 Å². The number of aromatic amines is 1. The maximum Gasteiger partial charge on any atom is 0.328 e. The Morgan fingerprint density at radius 1 is 1.32 bits per heavy atom. The molecule has 5 heteroatoms. The Bertz CT molecular complexity index is 586. The van der Waals surface area contributed by atoms with E-state index in [1.165, 1.54) is 30.0 Å².